The van der Waals surface area contributed by atoms with Gasteiger partial charge in [0.15, 0.2) is 11.4 Å². The van der Waals surface area contributed by atoms with E-state index in [4.69, 9.17) is 21.6 Å². The maximum atomic E-state index is 8.59. The molecule has 0 spiro atoms. The zero-order valence-electron chi connectivity index (χ0n) is 16.2. The second-order valence-corrected chi connectivity index (χ2v) is 7.48. The van der Waals surface area contributed by atoms with Crippen LogP contribution in [0.2, 0.25) is 0 Å². The van der Waals surface area contributed by atoms with Gasteiger partial charge in [0.05, 0.1) is 26.2 Å². The lowest BCUT2D eigenvalue weighted by atomic mass is 9.75. The number of hydrogen-bond acceptors (Lipinski definition) is 3. The lowest BCUT2D eigenvalue weighted by Gasteiger charge is -2.56. The van der Waals surface area contributed by atoms with Gasteiger partial charge in [0, 0.05) is 18.4 Å². The molecule has 0 aromatic rings. The summed E-state index contributed by atoms with van der Waals surface area (Å²) in [6.45, 7) is 8.92. The quantitative estimate of drug-likeness (QED) is 0.340. The van der Waals surface area contributed by atoms with E-state index in [9.17, 15) is 0 Å². The van der Waals surface area contributed by atoms with E-state index in [2.05, 4.69) is 26.0 Å². The third-order valence-electron chi connectivity index (χ3n) is 6.02. The number of likely N-dealkylation sites (tertiary alicyclic amines) is 1. The van der Waals surface area contributed by atoms with Crippen LogP contribution in [0.1, 0.15) is 58.8 Å². The van der Waals surface area contributed by atoms with Crippen LogP contribution in [0.25, 0.3) is 0 Å². The Morgan fingerprint density at radius 3 is 2.56 bits per heavy atom. The zero-order valence-corrected chi connectivity index (χ0v) is 16.2. The second-order valence-electron chi connectivity index (χ2n) is 7.48. The molecular formula is C20H37N4O+. The number of ether oxygens (including phenoxy) is 1. The van der Waals surface area contributed by atoms with Crippen molar-refractivity contribution in [2.75, 3.05) is 32.8 Å². The maximum Gasteiger partial charge on any atom is 0.182 e. The van der Waals surface area contributed by atoms with Gasteiger partial charge in [-0.2, -0.15) is 0 Å². The molecule has 1 aliphatic heterocycles. The summed E-state index contributed by atoms with van der Waals surface area (Å²) in [5.41, 5.74) is 13.0. The summed E-state index contributed by atoms with van der Waals surface area (Å²) in [6, 6.07) is 0. The minimum absolute atomic E-state index is 0.310. The average molecular weight is 350 g/mol. The predicted octanol–water partition coefficient (Wildman–Crippen LogP) is 3.06. The molecule has 142 valence electrons. The number of nitrogens with one attached hydrogen (secondary N) is 1. The molecule has 2 aliphatic rings. The molecule has 0 radical (unpaired) electrons. The minimum Gasteiger partial charge on any atom is -0.494 e. The van der Waals surface area contributed by atoms with E-state index in [1.807, 2.05) is 0 Å². The fourth-order valence-electron chi connectivity index (χ4n) is 4.79. The van der Waals surface area contributed by atoms with Crippen molar-refractivity contribution in [3.05, 3.63) is 23.5 Å². The molecule has 0 aromatic heterocycles. The van der Waals surface area contributed by atoms with Gasteiger partial charge >= 0.3 is 0 Å². The van der Waals surface area contributed by atoms with Gasteiger partial charge in [0.2, 0.25) is 0 Å². The Labute approximate surface area is 153 Å². The summed E-state index contributed by atoms with van der Waals surface area (Å²) in [5, 5.41) is 8.59. The second kappa shape index (κ2) is 8.86. The Morgan fingerprint density at radius 2 is 2.00 bits per heavy atom. The van der Waals surface area contributed by atoms with Crippen molar-refractivity contribution in [1.29, 1.82) is 5.41 Å². The highest BCUT2D eigenvalue weighted by Gasteiger charge is 2.56. The molecule has 1 atom stereocenters. The summed E-state index contributed by atoms with van der Waals surface area (Å²) in [7, 11) is 0. The molecule has 25 heavy (non-hydrogen) atoms. The van der Waals surface area contributed by atoms with Gasteiger partial charge in [-0.25, -0.2) is 0 Å². The Morgan fingerprint density at radius 1 is 1.28 bits per heavy atom. The molecule has 0 bridgehead atoms. The normalized spacial score (nSPS) is 25.9. The van der Waals surface area contributed by atoms with Crippen LogP contribution in [0.4, 0.5) is 0 Å². The molecule has 1 saturated heterocycles. The van der Waals surface area contributed by atoms with Crippen molar-refractivity contribution >= 4 is 5.84 Å². The molecule has 5 heteroatoms. The summed E-state index contributed by atoms with van der Waals surface area (Å²) in [4.78, 5) is 0. The fraction of sp³-hybridized carbons (Fsp3) is 0.750. The number of piperidine rings is 1. The van der Waals surface area contributed by atoms with Crippen LogP contribution in [-0.4, -0.2) is 48.6 Å². The van der Waals surface area contributed by atoms with Crippen LogP contribution >= 0.6 is 0 Å². The maximum absolute atomic E-state index is 8.59. The number of allylic oxidation sites excluding steroid dienone is 1. The molecule has 0 aromatic carbocycles. The molecule has 5 nitrogen and oxygen atoms in total. The molecular weight excluding hydrogens is 312 g/mol. The molecule has 1 fully saturated rings. The van der Waals surface area contributed by atoms with Crippen molar-refractivity contribution in [1.82, 2.24) is 0 Å². The smallest absolute Gasteiger partial charge is 0.182 e. The average Bonchev–Trinajstić information content (AvgIpc) is 2.64. The van der Waals surface area contributed by atoms with Crippen molar-refractivity contribution in [3.63, 3.8) is 0 Å². The Balaban J connectivity index is 2.44. The SMILES string of the molecule is CCCOC1=CCC(C(=N)N)([N+]2(CCCN)CCCCC2)C(CC)=C1. The lowest BCUT2D eigenvalue weighted by Crippen LogP contribution is -2.72. The van der Waals surface area contributed by atoms with E-state index in [0.29, 0.717) is 12.4 Å². The number of amidine groups is 1. The minimum atomic E-state index is -0.413. The van der Waals surface area contributed by atoms with Crippen LogP contribution in [0.5, 0.6) is 0 Å². The number of quaternary nitrogens is 1. The van der Waals surface area contributed by atoms with Gasteiger partial charge in [0.25, 0.3) is 0 Å². The number of hydrogen-bond donors (Lipinski definition) is 3. The number of nitrogens with zero attached hydrogens (tertiary/aromatic N) is 1. The van der Waals surface area contributed by atoms with E-state index in [0.717, 1.165) is 62.2 Å². The van der Waals surface area contributed by atoms with Crippen LogP contribution in [0.3, 0.4) is 0 Å². The number of rotatable bonds is 9. The van der Waals surface area contributed by atoms with Gasteiger partial charge in [-0.1, -0.05) is 13.8 Å². The lowest BCUT2D eigenvalue weighted by molar-refractivity contribution is -0.964. The van der Waals surface area contributed by atoms with E-state index < -0.39 is 5.54 Å². The summed E-state index contributed by atoms with van der Waals surface area (Å²) in [5.74, 6) is 1.26. The van der Waals surface area contributed by atoms with E-state index in [-0.39, 0.29) is 0 Å². The molecule has 5 N–H and O–H groups in total. The first-order valence-corrected chi connectivity index (χ1v) is 10.0. The number of nitrogens with two attached hydrogens (primary N) is 2. The van der Waals surface area contributed by atoms with Crippen LogP contribution < -0.4 is 11.5 Å². The monoisotopic (exact) mass is 349 g/mol. The molecule has 2 rings (SSSR count). The largest absolute Gasteiger partial charge is 0.494 e. The predicted molar refractivity (Wildman–Crippen MR) is 104 cm³/mol. The highest BCUT2D eigenvalue weighted by atomic mass is 16.5. The van der Waals surface area contributed by atoms with Crippen molar-refractivity contribution in [3.8, 4) is 0 Å². The molecule has 1 unspecified atom stereocenters. The molecule has 0 saturated carbocycles. The Kier molecular flexibility index (Phi) is 7.08. The van der Waals surface area contributed by atoms with E-state index in [1.54, 1.807) is 0 Å². The fourth-order valence-corrected chi connectivity index (χ4v) is 4.79. The Bertz CT molecular complexity index is 520. The first kappa shape index (κ1) is 20.0. The summed E-state index contributed by atoms with van der Waals surface area (Å²) < 4.78 is 6.78. The Hall–Kier alpha value is -1.33. The molecule has 0 amide bonds. The topological polar surface area (TPSA) is 85.1 Å². The van der Waals surface area contributed by atoms with Crippen LogP contribution in [-0.2, 0) is 4.74 Å². The van der Waals surface area contributed by atoms with Crippen molar-refractivity contribution in [2.45, 2.75) is 64.3 Å². The van der Waals surface area contributed by atoms with Gasteiger partial charge in [-0.15, -0.1) is 0 Å². The van der Waals surface area contributed by atoms with Gasteiger partial charge in [-0.3, -0.25) is 5.41 Å². The van der Waals surface area contributed by atoms with Gasteiger partial charge in [-0.05, 0) is 50.8 Å². The van der Waals surface area contributed by atoms with Crippen LogP contribution in [0, 0.1) is 5.41 Å². The third kappa shape index (κ3) is 3.77. The molecule has 1 aliphatic carbocycles. The van der Waals surface area contributed by atoms with Gasteiger partial charge in [0.1, 0.15) is 5.76 Å². The molecule has 1 heterocycles. The highest BCUT2D eigenvalue weighted by Crippen LogP contribution is 2.43. The van der Waals surface area contributed by atoms with E-state index in [1.165, 1.54) is 24.8 Å². The zero-order chi connectivity index (χ0) is 18.3. The first-order valence-electron chi connectivity index (χ1n) is 10.0. The van der Waals surface area contributed by atoms with Crippen molar-refractivity contribution in [2.24, 2.45) is 11.5 Å². The van der Waals surface area contributed by atoms with Crippen LogP contribution in [0.15, 0.2) is 23.5 Å². The van der Waals surface area contributed by atoms with Gasteiger partial charge < -0.3 is 20.7 Å². The summed E-state index contributed by atoms with van der Waals surface area (Å²) in [6.07, 6.45) is 11.7. The standard InChI is InChI=1S/C20H37N4O/c1-3-15-25-18-9-10-20(19(22)23,17(4-2)16-18)24(14-8-11-21)12-6-5-7-13-24/h9,16H,3-8,10-15,21H2,1-2H3,(H3,22,23)/q+1. The first-order chi connectivity index (χ1) is 12.1. The van der Waals surface area contributed by atoms with E-state index >= 15 is 0 Å². The third-order valence-corrected chi connectivity index (χ3v) is 6.02. The highest BCUT2D eigenvalue weighted by molar-refractivity contribution is 5.90. The summed E-state index contributed by atoms with van der Waals surface area (Å²) >= 11 is 0. The van der Waals surface area contributed by atoms with Crippen molar-refractivity contribution < 1.29 is 9.22 Å².